The topological polar surface area (TPSA) is 26.3 Å². The van der Waals surface area contributed by atoms with E-state index in [9.17, 15) is 4.79 Å². The first kappa shape index (κ1) is 11.2. The Balaban J connectivity index is 2.90. The minimum absolute atomic E-state index is 0.0255. The van der Waals surface area contributed by atoms with Gasteiger partial charge in [0.1, 0.15) is 0 Å². The molecule has 0 N–H and O–H groups in total. The summed E-state index contributed by atoms with van der Waals surface area (Å²) in [6.07, 6.45) is 0.0944. The molecule has 0 amide bonds. The molecule has 14 heavy (non-hydrogen) atoms. The molecular formula is C10H16O2RfRh. The average molecular weight is 538 g/mol. The molecule has 0 saturated carbocycles. The second-order valence-corrected chi connectivity index (χ2v) is 12.4. The van der Waals surface area contributed by atoms with Crippen molar-refractivity contribution in [2.75, 3.05) is 0 Å². The summed E-state index contributed by atoms with van der Waals surface area (Å²) in [5.74, 6) is 0.723. The van der Waals surface area contributed by atoms with Crippen LogP contribution in [0.15, 0.2) is 0 Å². The van der Waals surface area contributed by atoms with Crippen molar-refractivity contribution in [2.24, 2.45) is 11.8 Å². The zero-order valence-corrected chi connectivity index (χ0v) is 17.2. The first-order valence-corrected chi connectivity index (χ1v) is 9.11. The van der Waals surface area contributed by atoms with E-state index >= 15 is 0 Å². The molecule has 0 bridgehead atoms. The van der Waals surface area contributed by atoms with Crippen LogP contribution in [0.4, 0.5) is 0 Å². The Kier molecular flexibility index (Phi) is 2.67. The standard InChI is InChI=1S/C10H16O2.Rf.Rh/c1-6(2)9-7(3)5-8(4)10(11)12-9;;/h5-7,9H,1-4H3;;/t7-,9+;;/m1../s1. The summed E-state index contributed by atoms with van der Waals surface area (Å²) in [6, 6.07) is 0. The number of carbonyl (C=O) groups excluding carboxylic acids is 1. The van der Waals surface area contributed by atoms with E-state index in [0.29, 0.717) is 16.3 Å². The molecule has 1 unspecified atom stereocenters. The monoisotopic (exact) mass is 538 g/mol. The summed E-state index contributed by atoms with van der Waals surface area (Å²) in [7, 11) is 0. The van der Waals surface area contributed by atoms with Crippen molar-refractivity contribution in [3.8, 4) is 0 Å². The van der Waals surface area contributed by atoms with Gasteiger partial charge in [-0.05, 0) is 0 Å². The van der Waals surface area contributed by atoms with Gasteiger partial charge >= 0.3 is 89.9 Å². The van der Waals surface area contributed by atoms with E-state index in [1.54, 1.807) is 0 Å². The van der Waals surface area contributed by atoms with Crippen LogP contribution >= 0.6 is 0 Å². The molecule has 1 rings (SSSR count). The summed E-state index contributed by atoms with van der Waals surface area (Å²) >= 11 is 3.07. The van der Waals surface area contributed by atoms with Gasteiger partial charge in [0.2, 0.25) is 0 Å². The molecule has 4 atom stereocenters. The maximum atomic E-state index is 11.8. The number of hydrogen-bond acceptors (Lipinski definition) is 2. The third kappa shape index (κ3) is 1.54. The van der Waals surface area contributed by atoms with Gasteiger partial charge in [-0.3, -0.25) is 0 Å². The van der Waals surface area contributed by atoms with Crippen LogP contribution in [0, 0.1) is 11.8 Å². The number of esters is 1. The second kappa shape index (κ2) is 3.34. The van der Waals surface area contributed by atoms with Gasteiger partial charge in [0.05, 0.1) is 0 Å². The summed E-state index contributed by atoms with van der Waals surface area (Å²) in [5.41, 5.74) is 0. The Morgan fingerprint density at radius 3 is 2.50 bits per heavy atom. The normalized spacial score (nSPS) is 44.1. The summed E-state index contributed by atoms with van der Waals surface area (Å²) in [6.45, 7) is 8.47. The molecule has 1 heterocycles. The van der Waals surface area contributed by atoms with Crippen molar-refractivity contribution < 1.29 is 27.8 Å². The Bertz CT molecular complexity index is 238. The van der Waals surface area contributed by atoms with E-state index in [1.165, 1.54) is 0 Å². The molecule has 0 aliphatic carbocycles. The van der Waals surface area contributed by atoms with Gasteiger partial charge in [-0.1, -0.05) is 0 Å². The van der Waals surface area contributed by atoms with Gasteiger partial charge in [-0.2, -0.15) is 0 Å². The van der Waals surface area contributed by atoms with E-state index in [1.807, 2.05) is 6.92 Å². The third-order valence-corrected chi connectivity index (χ3v) is 10.8. The van der Waals surface area contributed by atoms with E-state index in [2.05, 4.69) is 39.1 Å². The van der Waals surface area contributed by atoms with Crippen LogP contribution in [0.25, 0.3) is 0 Å². The summed E-state index contributed by atoms with van der Waals surface area (Å²) < 4.78 is 6.20. The second-order valence-electron chi connectivity index (χ2n) is 4.76. The Hall–Kier alpha value is -0.907. The number of rotatable bonds is 1. The quantitative estimate of drug-likeness (QED) is 0.379. The van der Waals surface area contributed by atoms with Crippen molar-refractivity contribution in [3.05, 3.63) is 0 Å². The molecule has 0 aromatic heterocycles. The molecule has 1 aliphatic rings. The van der Waals surface area contributed by atoms with Crippen molar-refractivity contribution >= 4 is 5.97 Å². The van der Waals surface area contributed by atoms with Crippen LogP contribution in [-0.4, -0.2) is 12.1 Å². The first-order valence-electron chi connectivity index (χ1n) is 4.96. The molecule has 1 saturated heterocycles. The van der Waals surface area contributed by atoms with Gasteiger partial charge in [-0.25, -0.2) is 0 Å². The Labute approximate surface area is 90.1 Å². The Morgan fingerprint density at radius 1 is 1.57 bits per heavy atom. The van der Waals surface area contributed by atoms with Gasteiger partial charge in [0.15, 0.2) is 0 Å². The molecule has 1 aliphatic heterocycles. The van der Waals surface area contributed by atoms with Gasteiger partial charge in [0.25, 0.3) is 0 Å². The van der Waals surface area contributed by atoms with Crippen molar-refractivity contribution in [2.45, 2.75) is 44.2 Å². The van der Waals surface area contributed by atoms with Gasteiger partial charge < -0.3 is 0 Å². The Morgan fingerprint density at radius 2 is 2.07 bits per heavy atom. The molecule has 0 radical (unpaired) electrons. The van der Waals surface area contributed by atoms with Crippen LogP contribution in [0.5, 0.6) is 0 Å². The van der Waals surface area contributed by atoms with Crippen molar-refractivity contribution in [3.63, 3.8) is 0 Å². The number of ether oxygens (including phenoxy) is 1. The van der Waals surface area contributed by atoms with Gasteiger partial charge in [-0.15, -0.1) is 0 Å². The van der Waals surface area contributed by atoms with E-state index in [-0.39, 0.29) is 18.0 Å². The van der Waals surface area contributed by atoms with Gasteiger partial charge in [0, 0.05) is 0 Å². The summed E-state index contributed by atoms with van der Waals surface area (Å²) in [5, 5.41) is 0. The van der Waals surface area contributed by atoms with Crippen LogP contribution in [0.1, 0.15) is 27.7 Å². The molecule has 1 fully saturated rings. The maximum absolute atomic E-state index is 11.8. The third-order valence-electron chi connectivity index (χ3n) is 2.90. The molecule has 0 spiro atoms. The summed E-state index contributed by atoms with van der Waals surface area (Å²) in [4.78, 5) is 11.8. The van der Waals surface area contributed by atoms with E-state index in [0.717, 1.165) is 0 Å². The van der Waals surface area contributed by atoms with Crippen LogP contribution in [0.2, 0.25) is 10.4 Å². The van der Waals surface area contributed by atoms with Crippen LogP contribution < -0.4 is 0 Å². The minimum atomic E-state index is -0.168. The zero-order chi connectivity index (χ0) is 11.1. The number of carbonyl (C=O) groups is 1. The fourth-order valence-corrected chi connectivity index (χ4v) is 4.52. The number of cyclic esters (lactones) is 1. The first-order chi connectivity index (χ1) is 6.28. The zero-order valence-electron chi connectivity index (χ0n) is 9.17. The molecule has 79 valence electrons. The molecular weight excluding hydrogens is 522 g/mol. The van der Waals surface area contributed by atoms with E-state index < -0.39 is 0 Å². The average Bonchev–Trinajstić information content (AvgIpc) is 2.08. The van der Waals surface area contributed by atoms with Crippen LogP contribution in [-0.2, 0) is 27.8 Å². The predicted molar refractivity (Wildman–Crippen MR) is 46.0 cm³/mol. The SMILES string of the molecule is CC(C)[C@@H]1OC(=O)[C](C)([Rf])[C@@H]([Rh])[C@H]1C. The molecule has 4 heteroatoms. The van der Waals surface area contributed by atoms with Crippen molar-refractivity contribution in [1.82, 2.24) is 0 Å². The molecule has 0 aromatic rings. The van der Waals surface area contributed by atoms with Crippen LogP contribution in [0.3, 0.4) is 0 Å². The van der Waals surface area contributed by atoms with Crippen molar-refractivity contribution in [1.29, 1.82) is 0 Å². The fourth-order valence-electron chi connectivity index (χ4n) is 1.95. The predicted octanol–water partition coefficient (Wildman–Crippen LogP) is 2.27. The number of hydrogen-bond donors (Lipinski definition) is 0. The fraction of sp³-hybridized carbons (Fsp3) is 0.900. The van der Waals surface area contributed by atoms with E-state index in [4.69, 9.17) is 4.74 Å². The molecule has 2 nitrogen and oxygen atoms in total. The molecule has 0 aromatic carbocycles.